The molecule has 0 radical (unpaired) electrons. The molecule has 0 spiro atoms. The van der Waals surface area contributed by atoms with Gasteiger partial charge in [0.15, 0.2) is 0 Å². The molecule has 0 bridgehead atoms. The second-order valence-corrected chi connectivity index (χ2v) is 9.95. The van der Waals surface area contributed by atoms with Crippen molar-refractivity contribution in [1.82, 2.24) is 9.62 Å². The van der Waals surface area contributed by atoms with Crippen molar-refractivity contribution in [2.45, 2.75) is 38.6 Å². The first-order valence-electron chi connectivity index (χ1n) is 10.7. The van der Waals surface area contributed by atoms with E-state index in [2.05, 4.69) is 5.32 Å². The fourth-order valence-corrected chi connectivity index (χ4v) is 5.72. The Hall–Kier alpha value is -2.96. The molecule has 3 aromatic rings. The van der Waals surface area contributed by atoms with E-state index in [0.717, 1.165) is 16.7 Å². The van der Waals surface area contributed by atoms with Crippen molar-refractivity contribution >= 4 is 15.9 Å². The molecular weight excluding hydrogens is 420 g/mol. The summed E-state index contributed by atoms with van der Waals surface area (Å²) < 4.78 is 28.6. The quantitative estimate of drug-likeness (QED) is 0.532. The molecule has 1 N–H and O–H groups in total. The van der Waals surface area contributed by atoms with Crippen molar-refractivity contribution in [1.29, 1.82) is 0 Å². The Bertz CT molecular complexity index is 1140. The van der Waals surface area contributed by atoms with Crippen LogP contribution in [0.3, 0.4) is 0 Å². The number of rotatable bonds is 9. The first kappa shape index (κ1) is 23.7. The minimum atomic E-state index is -3.88. The van der Waals surface area contributed by atoms with Crippen LogP contribution in [-0.2, 0) is 27.8 Å². The first-order valence-corrected chi connectivity index (χ1v) is 12.1. The van der Waals surface area contributed by atoms with Gasteiger partial charge < -0.3 is 5.32 Å². The SMILES string of the molecule is Cc1cc(C)c(S(=O)(=O)N(CC(=O)NCCc2ccccc2)Cc2ccccc2)c(C)c1. The predicted molar refractivity (Wildman–Crippen MR) is 128 cm³/mol. The lowest BCUT2D eigenvalue weighted by molar-refractivity contribution is -0.121. The number of carbonyl (C=O) groups is 1. The van der Waals surface area contributed by atoms with Crippen LogP contribution in [0.4, 0.5) is 0 Å². The molecule has 0 saturated heterocycles. The monoisotopic (exact) mass is 450 g/mol. The van der Waals surface area contributed by atoms with E-state index >= 15 is 0 Å². The third-order valence-corrected chi connectivity index (χ3v) is 7.40. The van der Waals surface area contributed by atoms with Crippen LogP contribution in [0.2, 0.25) is 0 Å². The van der Waals surface area contributed by atoms with Crippen LogP contribution in [0, 0.1) is 20.8 Å². The minimum Gasteiger partial charge on any atom is -0.355 e. The molecule has 0 aliphatic rings. The molecular formula is C26H30N2O3S. The summed E-state index contributed by atoms with van der Waals surface area (Å²) in [6.45, 7) is 5.88. The maximum atomic E-state index is 13.7. The molecule has 0 aliphatic heterocycles. The Balaban J connectivity index is 1.81. The van der Waals surface area contributed by atoms with Gasteiger partial charge in [0, 0.05) is 13.1 Å². The average Bonchev–Trinajstić information content (AvgIpc) is 2.74. The third-order valence-electron chi connectivity index (χ3n) is 5.30. The van der Waals surface area contributed by atoms with Crippen LogP contribution in [0.5, 0.6) is 0 Å². The van der Waals surface area contributed by atoms with Crippen LogP contribution < -0.4 is 5.32 Å². The van der Waals surface area contributed by atoms with Gasteiger partial charge >= 0.3 is 0 Å². The topological polar surface area (TPSA) is 66.5 Å². The maximum Gasteiger partial charge on any atom is 0.244 e. The molecule has 0 saturated carbocycles. The summed E-state index contributed by atoms with van der Waals surface area (Å²) in [5.74, 6) is -0.317. The van der Waals surface area contributed by atoms with Crippen molar-refractivity contribution in [2.24, 2.45) is 0 Å². The zero-order valence-corrected chi connectivity index (χ0v) is 19.7. The fraction of sp³-hybridized carbons (Fsp3) is 0.269. The van der Waals surface area contributed by atoms with Crippen molar-refractivity contribution in [3.8, 4) is 0 Å². The van der Waals surface area contributed by atoms with Crippen molar-refractivity contribution in [2.75, 3.05) is 13.1 Å². The molecule has 6 heteroatoms. The molecule has 0 fully saturated rings. The number of sulfonamides is 1. The van der Waals surface area contributed by atoms with Gasteiger partial charge in [-0.05, 0) is 49.4 Å². The highest BCUT2D eigenvalue weighted by Crippen LogP contribution is 2.26. The Kier molecular flexibility index (Phi) is 7.83. The zero-order chi connectivity index (χ0) is 23.1. The smallest absolute Gasteiger partial charge is 0.244 e. The number of benzene rings is 3. The lowest BCUT2D eigenvalue weighted by Crippen LogP contribution is -2.41. The Morgan fingerprint density at radius 2 is 1.38 bits per heavy atom. The van der Waals surface area contributed by atoms with Gasteiger partial charge in [-0.1, -0.05) is 78.4 Å². The van der Waals surface area contributed by atoms with E-state index in [4.69, 9.17) is 0 Å². The van der Waals surface area contributed by atoms with Gasteiger partial charge in [-0.15, -0.1) is 0 Å². The number of nitrogens with zero attached hydrogens (tertiary/aromatic N) is 1. The number of aryl methyl sites for hydroxylation is 3. The molecule has 0 aliphatic carbocycles. The number of carbonyl (C=O) groups excluding carboxylic acids is 1. The summed E-state index contributed by atoms with van der Waals surface area (Å²) >= 11 is 0. The lowest BCUT2D eigenvalue weighted by atomic mass is 10.1. The molecule has 0 aromatic heterocycles. The largest absolute Gasteiger partial charge is 0.355 e. The van der Waals surface area contributed by atoms with Gasteiger partial charge in [0.2, 0.25) is 15.9 Å². The van der Waals surface area contributed by atoms with Crippen LogP contribution >= 0.6 is 0 Å². The fourth-order valence-electron chi connectivity index (χ4n) is 3.92. The normalized spacial score (nSPS) is 11.5. The second kappa shape index (κ2) is 10.6. The standard InChI is InChI=1S/C26H30N2O3S/c1-20-16-21(2)26(22(3)17-20)32(30,31)28(18-24-12-8-5-9-13-24)19-25(29)27-15-14-23-10-6-4-7-11-23/h4-13,16-17H,14-15,18-19H2,1-3H3,(H,27,29). The zero-order valence-electron chi connectivity index (χ0n) is 18.8. The van der Waals surface area contributed by atoms with E-state index in [1.54, 1.807) is 13.8 Å². The summed E-state index contributed by atoms with van der Waals surface area (Å²) in [7, 11) is -3.88. The summed E-state index contributed by atoms with van der Waals surface area (Å²) in [5, 5.41) is 2.86. The summed E-state index contributed by atoms with van der Waals surface area (Å²) in [4.78, 5) is 13.0. The van der Waals surface area contributed by atoms with E-state index in [9.17, 15) is 13.2 Å². The van der Waals surface area contributed by atoms with Crippen LogP contribution in [0.15, 0.2) is 77.7 Å². The lowest BCUT2D eigenvalue weighted by Gasteiger charge is -2.24. The van der Waals surface area contributed by atoms with E-state index in [0.29, 0.717) is 24.1 Å². The number of nitrogens with one attached hydrogen (secondary N) is 1. The Morgan fingerprint density at radius 3 is 1.94 bits per heavy atom. The van der Waals surface area contributed by atoms with Crippen LogP contribution in [0.1, 0.15) is 27.8 Å². The van der Waals surface area contributed by atoms with E-state index < -0.39 is 10.0 Å². The first-order chi connectivity index (χ1) is 15.3. The molecule has 3 aromatic carbocycles. The van der Waals surface area contributed by atoms with E-state index in [1.807, 2.05) is 79.7 Å². The van der Waals surface area contributed by atoms with E-state index in [-0.39, 0.29) is 23.9 Å². The molecule has 1 amide bonds. The van der Waals surface area contributed by atoms with Crippen molar-refractivity contribution in [3.63, 3.8) is 0 Å². The molecule has 3 rings (SSSR count). The molecule has 32 heavy (non-hydrogen) atoms. The van der Waals surface area contributed by atoms with Gasteiger partial charge in [-0.3, -0.25) is 4.79 Å². The highest BCUT2D eigenvalue weighted by Gasteiger charge is 2.29. The van der Waals surface area contributed by atoms with Crippen LogP contribution in [-0.4, -0.2) is 31.7 Å². The minimum absolute atomic E-state index is 0.127. The van der Waals surface area contributed by atoms with Crippen LogP contribution in [0.25, 0.3) is 0 Å². The summed E-state index contributed by atoms with van der Waals surface area (Å²) in [6, 6.07) is 22.9. The van der Waals surface area contributed by atoms with Gasteiger partial charge in [-0.25, -0.2) is 8.42 Å². The predicted octanol–water partition coefficient (Wildman–Crippen LogP) is 4.16. The second-order valence-electron chi connectivity index (χ2n) is 8.07. The van der Waals surface area contributed by atoms with Gasteiger partial charge in [0.1, 0.15) is 0 Å². The third kappa shape index (κ3) is 6.05. The molecule has 0 atom stereocenters. The summed E-state index contributed by atoms with van der Waals surface area (Å²) in [5.41, 5.74) is 4.32. The molecule has 5 nitrogen and oxygen atoms in total. The van der Waals surface area contributed by atoms with Crippen molar-refractivity contribution < 1.29 is 13.2 Å². The van der Waals surface area contributed by atoms with E-state index in [1.165, 1.54) is 4.31 Å². The highest BCUT2D eigenvalue weighted by atomic mass is 32.2. The molecule has 168 valence electrons. The Labute approximate surface area is 191 Å². The number of hydrogen-bond acceptors (Lipinski definition) is 3. The maximum absolute atomic E-state index is 13.7. The van der Waals surface area contributed by atoms with Gasteiger partial charge in [0.05, 0.1) is 11.4 Å². The number of hydrogen-bond donors (Lipinski definition) is 1. The Morgan fingerprint density at radius 1 is 0.844 bits per heavy atom. The average molecular weight is 451 g/mol. The van der Waals surface area contributed by atoms with Crippen molar-refractivity contribution in [3.05, 3.63) is 101 Å². The highest BCUT2D eigenvalue weighted by molar-refractivity contribution is 7.89. The van der Waals surface area contributed by atoms with Gasteiger partial charge in [-0.2, -0.15) is 4.31 Å². The molecule has 0 unspecified atom stereocenters. The van der Waals surface area contributed by atoms with Gasteiger partial charge in [0.25, 0.3) is 0 Å². The number of amides is 1. The summed E-state index contributed by atoms with van der Waals surface area (Å²) in [6.07, 6.45) is 0.689. The molecule has 0 heterocycles.